The molecule has 1 nitrogen and oxygen atoms in total. The molecule has 2 atom stereocenters. The molecule has 0 N–H and O–H groups in total. The number of ketones is 1. The Bertz CT molecular complexity index is 258. The molecule has 0 amide bonds. The normalized spacial score (nSPS) is 18.9. The predicted molar refractivity (Wildman–Crippen MR) is 43.3 cm³/mol. The minimum atomic E-state index is -0.941. The molecule has 0 saturated carbocycles. The lowest BCUT2D eigenvalue weighted by molar-refractivity contribution is -0.116. The summed E-state index contributed by atoms with van der Waals surface area (Å²) in [6.07, 6.45) is -1.66. The second-order valence-corrected chi connectivity index (χ2v) is 2.94. The number of hydrogen-bond acceptors (Lipinski definition) is 2. The molecule has 10 heavy (non-hydrogen) atoms. The lowest BCUT2D eigenvalue weighted by atomic mass is 10.2. The maximum atomic E-state index is 10.8. The van der Waals surface area contributed by atoms with E-state index in [1.807, 2.05) is 11.4 Å². The van der Waals surface area contributed by atoms with Crippen LogP contribution in [0.25, 0.3) is 0 Å². The smallest absolute Gasteiger partial charge is 0.130 e. The zero-order valence-electron chi connectivity index (χ0n) is 7.70. The molecule has 2 unspecified atom stereocenters. The number of carbonyl (C=O) groups excluding carboxylic acids is 1. The SMILES string of the molecule is [2H]C(C(C)=O)C([2H])c1cccs1. The molecule has 0 fully saturated rings. The summed E-state index contributed by atoms with van der Waals surface area (Å²) in [4.78, 5) is 11.6. The molecule has 0 bridgehead atoms. The van der Waals surface area contributed by atoms with Gasteiger partial charge in [-0.05, 0) is 24.8 Å². The molecule has 0 radical (unpaired) electrons. The van der Waals surface area contributed by atoms with Crippen LogP contribution >= 0.6 is 11.3 Å². The van der Waals surface area contributed by atoms with Gasteiger partial charge in [0.2, 0.25) is 0 Å². The van der Waals surface area contributed by atoms with E-state index in [1.165, 1.54) is 18.3 Å². The first kappa shape index (κ1) is 5.08. The largest absolute Gasteiger partial charge is 0.300 e. The minimum absolute atomic E-state index is 0.247. The summed E-state index contributed by atoms with van der Waals surface area (Å²) in [6, 6.07) is 3.61. The fourth-order valence-electron chi connectivity index (χ4n) is 0.586. The van der Waals surface area contributed by atoms with E-state index >= 15 is 0 Å². The Balaban J connectivity index is 2.71. The number of Topliss-reactive ketones (excluding diaryl/α,β-unsaturated/α-hetero) is 1. The average Bonchev–Trinajstić information content (AvgIpc) is 2.53. The second-order valence-electron chi connectivity index (χ2n) is 1.96. The van der Waals surface area contributed by atoms with Crippen LogP contribution in [0.4, 0.5) is 0 Å². The van der Waals surface area contributed by atoms with E-state index in [0.29, 0.717) is 0 Å². The van der Waals surface area contributed by atoms with E-state index in [4.69, 9.17) is 2.74 Å². The minimum Gasteiger partial charge on any atom is -0.300 e. The van der Waals surface area contributed by atoms with Gasteiger partial charge in [-0.3, -0.25) is 0 Å². The molecular formula is C8H10OS. The predicted octanol–water partition coefficient (Wildman–Crippen LogP) is 2.27. The quantitative estimate of drug-likeness (QED) is 0.656. The number of carbonyl (C=O) groups is 1. The average molecular weight is 156 g/mol. The van der Waals surface area contributed by atoms with Gasteiger partial charge in [-0.15, -0.1) is 11.3 Å². The fraction of sp³-hybridized carbons (Fsp3) is 0.375. The van der Waals surface area contributed by atoms with Crippen LogP contribution < -0.4 is 0 Å². The van der Waals surface area contributed by atoms with Crippen LogP contribution in [-0.4, -0.2) is 5.78 Å². The zero-order chi connectivity index (χ0) is 9.14. The van der Waals surface area contributed by atoms with E-state index < -0.39 is 12.8 Å². The van der Waals surface area contributed by atoms with Crippen LogP contribution in [0, 0.1) is 0 Å². The highest BCUT2D eigenvalue weighted by atomic mass is 32.1. The third kappa shape index (κ3) is 2.31. The molecule has 1 aromatic heterocycles. The van der Waals surface area contributed by atoms with Gasteiger partial charge in [0.25, 0.3) is 0 Å². The van der Waals surface area contributed by atoms with Gasteiger partial charge in [0.15, 0.2) is 0 Å². The maximum absolute atomic E-state index is 10.8. The lowest BCUT2D eigenvalue weighted by Gasteiger charge is -1.90. The summed E-state index contributed by atoms with van der Waals surface area (Å²) in [5, 5.41) is 1.85. The molecule has 0 aliphatic carbocycles. The number of thiophene rings is 1. The molecule has 54 valence electrons. The summed E-state index contributed by atoms with van der Waals surface area (Å²) < 4.78 is 14.9. The standard InChI is InChI=1S/C8H10OS/c1-7(9)4-5-8-3-2-6-10-8/h2-3,6H,4-5H2,1H3/i4D,5D. The molecule has 0 spiro atoms. The van der Waals surface area contributed by atoms with Gasteiger partial charge in [0.05, 0.1) is 0 Å². The Morgan fingerprint density at radius 2 is 2.70 bits per heavy atom. The van der Waals surface area contributed by atoms with E-state index in [1.54, 1.807) is 6.07 Å². The molecular weight excluding hydrogens is 144 g/mol. The van der Waals surface area contributed by atoms with Crippen molar-refractivity contribution in [2.45, 2.75) is 19.7 Å². The van der Waals surface area contributed by atoms with Gasteiger partial charge in [0.1, 0.15) is 5.78 Å². The highest BCUT2D eigenvalue weighted by Crippen LogP contribution is 2.10. The number of rotatable bonds is 3. The van der Waals surface area contributed by atoms with Crippen LogP contribution in [-0.2, 0) is 11.2 Å². The first-order valence-corrected chi connectivity index (χ1v) is 3.89. The Hall–Kier alpha value is -0.630. The zero-order valence-corrected chi connectivity index (χ0v) is 6.52. The van der Waals surface area contributed by atoms with Crippen LogP contribution in [0.2, 0.25) is 0 Å². The third-order valence-electron chi connectivity index (χ3n) is 1.03. The van der Waals surface area contributed by atoms with Gasteiger partial charge in [-0.25, -0.2) is 0 Å². The van der Waals surface area contributed by atoms with E-state index in [-0.39, 0.29) is 5.78 Å². The summed E-state index contributed by atoms with van der Waals surface area (Å²) in [7, 11) is 0. The van der Waals surface area contributed by atoms with Gasteiger partial charge in [-0.1, -0.05) is 6.07 Å². The highest BCUT2D eigenvalue weighted by Gasteiger charge is 1.95. The Morgan fingerprint density at radius 1 is 1.90 bits per heavy atom. The van der Waals surface area contributed by atoms with Gasteiger partial charge < -0.3 is 4.79 Å². The molecule has 0 aliphatic heterocycles. The van der Waals surface area contributed by atoms with Crippen molar-refractivity contribution in [2.75, 3.05) is 0 Å². The van der Waals surface area contributed by atoms with Crippen LogP contribution in [0.3, 0.4) is 0 Å². The van der Waals surface area contributed by atoms with Crippen LogP contribution in [0.15, 0.2) is 17.5 Å². The molecule has 0 saturated heterocycles. The summed E-state index contributed by atoms with van der Waals surface area (Å²) in [5.74, 6) is -0.247. The van der Waals surface area contributed by atoms with Gasteiger partial charge >= 0.3 is 0 Å². The van der Waals surface area contributed by atoms with Crippen molar-refractivity contribution in [3.05, 3.63) is 22.4 Å². The maximum Gasteiger partial charge on any atom is 0.130 e. The monoisotopic (exact) mass is 156 g/mol. The van der Waals surface area contributed by atoms with Crippen molar-refractivity contribution >= 4 is 17.1 Å². The third-order valence-corrected chi connectivity index (χ3v) is 1.86. The number of aryl methyl sites for hydroxylation is 1. The number of hydrogen-bond donors (Lipinski definition) is 0. The molecule has 1 aromatic rings. The fourth-order valence-corrected chi connectivity index (χ4v) is 1.20. The Labute approximate surface area is 67.5 Å². The second kappa shape index (κ2) is 3.52. The summed E-state index contributed by atoms with van der Waals surface area (Å²) in [5.41, 5.74) is 0. The summed E-state index contributed by atoms with van der Waals surface area (Å²) in [6.45, 7) is 1.35. The van der Waals surface area contributed by atoms with Crippen molar-refractivity contribution in [2.24, 2.45) is 0 Å². The molecule has 0 aromatic carbocycles. The highest BCUT2D eigenvalue weighted by molar-refractivity contribution is 7.09. The van der Waals surface area contributed by atoms with Crippen LogP contribution in [0.5, 0.6) is 0 Å². The van der Waals surface area contributed by atoms with Gasteiger partial charge in [0, 0.05) is 14.0 Å². The van der Waals surface area contributed by atoms with Gasteiger partial charge in [-0.2, -0.15) is 0 Å². The van der Waals surface area contributed by atoms with E-state index in [9.17, 15) is 4.79 Å². The van der Waals surface area contributed by atoms with E-state index in [2.05, 4.69) is 0 Å². The van der Waals surface area contributed by atoms with Crippen molar-refractivity contribution in [3.63, 3.8) is 0 Å². The molecule has 1 rings (SSSR count). The summed E-state index contributed by atoms with van der Waals surface area (Å²) >= 11 is 1.42. The molecule has 0 aliphatic rings. The Kier molecular flexibility index (Phi) is 1.79. The topological polar surface area (TPSA) is 17.1 Å². The van der Waals surface area contributed by atoms with E-state index in [0.717, 1.165) is 4.88 Å². The Morgan fingerprint density at radius 3 is 3.20 bits per heavy atom. The van der Waals surface area contributed by atoms with Crippen molar-refractivity contribution in [1.29, 1.82) is 0 Å². The first-order valence-electron chi connectivity index (χ1n) is 4.16. The molecule has 2 heteroatoms. The first-order chi connectivity index (χ1) is 5.63. The van der Waals surface area contributed by atoms with Crippen LogP contribution in [0.1, 0.15) is 20.9 Å². The van der Waals surface area contributed by atoms with Crippen molar-refractivity contribution in [3.8, 4) is 0 Å². The van der Waals surface area contributed by atoms with Crippen molar-refractivity contribution in [1.82, 2.24) is 0 Å². The molecule has 1 heterocycles. The lowest BCUT2D eigenvalue weighted by Crippen LogP contribution is -1.91. The van der Waals surface area contributed by atoms with Crippen molar-refractivity contribution < 1.29 is 7.54 Å².